The number of carbonyl (C=O) groups is 1. The van der Waals surface area contributed by atoms with Crippen LogP contribution >= 0.6 is 11.8 Å². The molecule has 0 fully saturated rings. The minimum absolute atomic E-state index is 0.0306. The van der Waals surface area contributed by atoms with Crippen LogP contribution in [-0.2, 0) is 0 Å². The lowest BCUT2D eigenvalue weighted by Crippen LogP contribution is -2.48. The van der Waals surface area contributed by atoms with Gasteiger partial charge in [-0.2, -0.15) is 0 Å². The van der Waals surface area contributed by atoms with Crippen LogP contribution in [-0.4, -0.2) is 28.7 Å². The van der Waals surface area contributed by atoms with Gasteiger partial charge in [-0.1, -0.05) is 13.8 Å². The molecule has 1 aromatic rings. The largest absolute Gasteiger partial charge is 0.346 e. The van der Waals surface area contributed by atoms with E-state index in [4.69, 9.17) is 5.73 Å². The second kappa shape index (κ2) is 8.31. The molecule has 3 N–H and O–H groups in total. The molecule has 0 unspecified atom stereocenters. The third kappa shape index (κ3) is 6.19. The number of hydrogen-bond donors (Lipinski definition) is 2. The predicted octanol–water partition coefficient (Wildman–Crippen LogP) is 3.20. The summed E-state index contributed by atoms with van der Waals surface area (Å²) in [6.07, 6.45) is 0.981. The van der Waals surface area contributed by atoms with Gasteiger partial charge in [-0.3, -0.25) is 14.9 Å². The molecule has 23 heavy (non-hydrogen) atoms. The zero-order valence-corrected chi connectivity index (χ0v) is 14.9. The molecule has 0 aliphatic carbocycles. The first-order valence-corrected chi connectivity index (χ1v) is 8.58. The van der Waals surface area contributed by atoms with Crippen molar-refractivity contribution in [3.8, 4) is 0 Å². The van der Waals surface area contributed by atoms with E-state index in [0.29, 0.717) is 10.8 Å². The van der Waals surface area contributed by atoms with Crippen LogP contribution in [0.2, 0.25) is 0 Å². The Hall–Kier alpha value is -1.60. The molecule has 1 aromatic carbocycles. The van der Waals surface area contributed by atoms with Crippen LogP contribution in [0.25, 0.3) is 0 Å². The molecule has 0 spiro atoms. The average molecular weight is 339 g/mol. The zero-order chi connectivity index (χ0) is 17.6. The standard InChI is InChI=1S/C16H25N3O3S/c1-11(2)7-8-23-14-6-5-12(9-13(14)19(21)22)15(20)18-16(3,4)10-17/h5-6,9,11H,7-8,10,17H2,1-4H3,(H,18,20). The maximum atomic E-state index is 12.2. The fourth-order valence-electron chi connectivity index (χ4n) is 1.76. The zero-order valence-electron chi connectivity index (χ0n) is 14.1. The van der Waals surface area contributed by atoms with Crippen molar-refractivity contribution >= 4 is 23.4 Å². The van der Waals surface area contributed by atoms with Gasteiger partial charge in [-0.15, -0.1) is 11.8 Å². The number of nitrogens with zero attached hydrogens (tertiary/aromatic N) is 1. The third-order valence-electron chi connectivity index (χ3n) is 3.33. The maximum absolute atomic E-state index is 12.2. The molecular weight excluding hydrogens is 314 g/mol. The molecule has 0 atom stereocenters. The topological polar surface area (TPSA) is 98.3 Å². The Balaban J connectivity index is 2.95. The summed E-state index contributed by atoms with van der Waals surface area (Å²) in [5, 5.41) is 14.0. The number of benzene rings is 1. The van der Waals surface area contributed by atoms with E-state index >= 15 is 0 Å². The molecule has 0 aliphatic rings. The van der Waals surface area contributed by atoms with Gasteiger partial charge < -0.3 is 11.1 Å². The summed E-state index contributed by atoms with van der Waals surface area (Å²) < 4.78 is 0. The third-order valence-corrected chi connectivity index (χ3v) is 4.43. The molecule has 0 radical (unpaired) electrons. The Morgan fingerprint density at radius 1 is 1.43 bits per heavy atom. The highest BCUT2D eigenvalue weighted by atomic mass is 32.2. The number of hydrogen-bond acceptors (Lipinski definition) is 5. The quantitative estimate of drug-likeness (QED) is 0.430. The van der Waals surface area contributed by atoms with Crippen molar-refractivity contribution in [3.63, 3.8) is 0 Å². The molecule has 0 saturated carbocycles. The summed E-state index contributed by atoms with van der Waals surface area (Å²) in [7, 11) is 0. The van der Waals surface area contributed by atoms with E-state index in [9.17, 15) is 14.9 Å². The van der Waals surface area contributed by atoms with Gasteiger partial charge in [0.05, 0.1) is 9.82 Å². The van der Waals surface area contributed by atoms with Gasteiger partial charge in [0.2, 0.25) is 0 Å². The number of nitrogens with one attached hydrogen (secondary N) is 1. The van der Waals surface area contributed by atoms with Crippen LogP contribution in [0.15, 0.2) is 23.1 Å². The number of carbonyl (C=O) groups excluding carboxylic acids is 1. The van der Waals surface area contributed by atoms with E-state index in [1.165, 1.54) is 17.8 Å². The highest BCUT2D eigenvalue weighted by molar-refractivity contribution is 7.99. The highest BCUT2D eigenvalue weighted by Gasteiger charge is 2.22. The van der Waals surface area contributed by atoms with E-state index in [2.05, 4.69) is 19.2 Å². The molecule has 1 amide bonds. The predicted molar refractivity (Wildman–Crippen MR) is 93.9 cm³/mol. The van der Waals surface area contributed by atoms with Crippen LogP contribution in [0.4, 0.5) is 5.69 Å². The average Bonchev–Trinajstić information content (AvgIpc) is 2.46. The van der Waals surface area contributed by atoms with E-state index in [1.54, 1.807) is 26.0 Å². The molecule has 0 heterocycles. The van der Waals surface area contributed by atoms with Crippen molar-refractivity contribution in [2.45, 2.75) is 44.6 Å². The van der Waals surface area contributed by atoms with Crippen LogP contribution in [0, 0.1) is 16.0 Å². The van der Waals surface area contributed by atoms with E-state index < -0.39 is 10.5 Å². The van der Waals surface area contributed by atoms with Gasteiger partial charge in [0.1, 0.15) is 0 Å². The first-order valence-electron chi connectivity index (χ1n) is 7.60. The number of nitro groups is 1. The van der Waals surface area contributed by atoms with Crippen molar-refractivity contribution in [1.82, 2.24) is 5.32 Å². The van der Waals surface area contributed by atoms with E-state index in [-0.39, 0.29) is 23.7 Å². The molecule has 7 heteroatoms. The maximum Gasteiger partial charge on any atom is 0.283 e. The van der Waals surface area contributed by atoms with Gasteiger partial charge in [-0.05, 0) is 44.1 Å². The molecule has 1 rings (SSSR count). The first-order chi connectivity index (χ1) is 10.7. The Bertz CT molecular complexity index is 574. The normalized spacial score (nSPS) is 11.6. The molecule has 128 valence electrons. The second-order valence-corrected chi connectivity index (χ2v) is 7.65. The highest BCUT2D eigenvalue weighted by Crippen LogP contribution is 2.31. The summed E-state index contributed by atoms with van der Waals surface area (Å²) in [5.74, 6) is 0.997. The summed E-state index contributed by atoms with van der Waals surface area (Å²) in [5.41, 5.74) is 5.27. The fourth-order valence-corrected chi connectivity index (χ4v) is 3.01. The number of nitro benzene ring substituents is 1. The van der Waals surface area contributed by atoms with E-state index in [0.717, 1.165) is 12.2 Å². The number of thioether (sulfide) groups is 1. The lowest BCUT2D eigenvalue weighted by Gasteiger charge is -2.24. The van der Waals surface area contributed by atoms with Crippen molar-refractivity contribution in [1.29, 1.82) is 0 Å². The van der Waals surface area contributed by atoms with Crippen molar-refractivity contribution < 1.29 is 9.72 Å². The van der Waals surface area contributed by atoms with Crippen molar-refractivity contribution in [3.05, 3.63) is 33.9 Å². The minimum Gasteiger partial charge on any atom is -0.346 e. The molecule has 6 nitrogen and oxygen atoms in total. The molecule has 0 aliphatic heterocycles. The molecule has 0 bridgehead atoms. The smallest absolute Gasteiger partial charge is 0.283 e. The Morgan fingerprint density at radius 2 is 2.09 bits per heavy atom. The van der Waals surface area contributed by atoms with Gasteiger partial charge in [0.25, 0.3) is 11.6 Å². The number of amides is 1. The summed E-state index contributed by atoms with van der Waals surface area (Å²) in [6, 6.07) is 4.60. The van der Waals surface area contributed by atoms with Crippen LogP contribution < -0.4 is 11.1 Å². The second-order valence-electron chi connectivity index (χ2n) is 6.51. The fraction of sp³-hybridized carbons (Fsp3) is 0.562. The lowest BCUT2D eigenvalue weighted by atomic mass is 10.1. The molecule has 0 saturated heterocycles. The molecule has 0 aromatic heterocycles. The number of nitrogens with two attached hydrogens (primary N) is 1. The first kappa shape index (κ1) is 19.4. The summed E-state index contributed by atoms with van der Waals surface area (Å²) >= 11 is 1.45. The van der Waals surface area contributed by atoms with Gasteiger partial charge in [0, 0.05) is 23.7 Å². The SMILES string of the molecule is CC(C)CCSc1ccc(C(=O)NC(C)(C)CN)cc1[N+](=O)[O-]. The summed E-state index contributed by atoms with van der Waals surface area (Å²) in [4.78, 5) is 23.6. The van der Waals surface area contributed by atoms with Crippen molar-refractivity contribution in [2.24, 2.45) is 11.7 Å². The molecular formula is C16H25N3O3S. The van der Waals surface area contributed by atoms with Crippen LogP contribution in [0.5, 0.6) is 0 Å². The van der Waals surface area contributed by atoms with Crippen molar-refractivity contribution in [2.75, 3.05) is 12.3 Å². The monoisotopic (exact) mass is 339 g/mol. The van der Waals surface area contributed by atoms with Gasteiger partial charge in [-0.25, -0.2) is 0 Å². The van der Waals surface area contributed by atoms with Crippen LogP contribution in [0.3, 0.4) is 0 Å². The van der Waals surface area contributed by atoms with Gasteiger partial charge in [0.15, 0.2) is 0 Å². The Morgan fingerprint density at radius 3 is 2.61 bits per heavy atom. The number of rotatable bonds is 8. The Kier molecular flexibility index (Phi) is 7.02. The minimum atomic E-state index is -0.559. The Labute approximate surface area is 141 Å². The summed E-state index contributed by atoms with van der Waals surface area (Å²) in [6.45, 7) is 8.11. The lowest BCUT2D eigenvalue weighted by molar-refractivity contribution is -0.387. The van der Waals surface area contributed by atoms with Crippen LogP contribution in [0.1, 0.15) is 44.5 Å². The van der Waals surface area contributed by atoms with Gasteiger partial charge >= 0.3 is 0 Å². The van der Waals surface area contributed by atoms with E-state index in [1.807, 2.05) is 0 Å².